The molecule has 138 valence electrons. The molecule has 1 aromatic heterocycles. The molecule has 0 bridgehead atoms. The lowest BCUT2D eigenvalue weighted by atomic mass is 10.1. The van der Waals surface area contributed by atoms with Crippen molar-refractivity contribution in [2.75, 3.05) is 32.5 Å². The Balaban J connectivity index is 2.24. The first kappa shape index (κ1) is 18.8. The van der Waals surface area contributed by atoms with Crippen molar-refractivity contribution in [2.24, 2.45) is 5.10 Å². The summed E-state index contributed by atoms with van der Waals surface area (Å²) in [4.78, 5) is 18.5. The van der Waals surface area contributed by atoms with Gasteiger partial charge in [0.1, 0.15) is 12.0 Å². The second-order valence-corrected chi connectivity index (χ2v) is 5.02. The zero-order valence-corrected chi connectivity index (χ0v) is 14.5. The number of hydrogen-bond donors (Lipinski definition) is 3. The molecule has 26 heavy (non-hydrogen) atoms. The number of anilines is 2. The van der Waals surface area contributed by atoms with Gasteiger partial charge in [-0.1, -0.05) is 0 Å². The van der Waals surface area contributed by atoms with Crippen LogP contribution in [0.3, 0.4) is 0 Å². The van der Waals surface area contributed by atoms with E-state index < -0.39 is 5.97 Å². The summed E-state index contributed by atoms with van der Waals surface area (Å²) in [6.45, 7) is 0. The van der Waals surface area contributed by atoms with Crippen LogP contribution in [0, 0.1) is 0 Å². The van der Waals surface area contributed by atoms with Crippen molar-refractivity contribution in [3.8, 4) is 17.2 Å². The molecule has 2 aromatic rings. The van der Waals surface area contributed by atoms with Crippen LogP contribution in [0.15, 0.2) is 23.4 Å². The number of benzene rings is 1. The molecule has 1 heterocycles. The van der Waals surface area contributed by atoms with Crippen LogP contribution >= 0.6 is 0 Å². The first-order chi connectivity index (χ1) is 12.5. The van der Waals surface area contributed by atoms with E-state index in [4.69, 9.17) is 25.1 Å². The minimum atomic E-state index is -1.19. The maximum Gasteiger partial charge on any atom is 0.348 e. The topological polar surface area (TPSA) is 141 Å². The summed E-state index contributed by atoms with van der Waals surface area (Å²) in [5, 5.41) is 12.0. The number of rotatable bonds is 8. The van der Waals surface area contributed by atoms with Gasteiger partial charge in [0.25, 0.3) is 0 Å². The van der Waals surface area contributed by atoms with Crippen molar-refractivity contribution in [1.29, 1.82) is 0 Å². The smallest absolute Gasteiger partial charge is 0.348 e. The van der Waals surface area contributed by atoms with Crippen LogP contribution in [0.25, 0.3) is 0 Å². The van der Waals surface area contributed by atoms with E-state index in [1.165, 1.54) is 27.5 Å². The standard InChI is InChI=1S/C16H19N5O5/c1-24-11-5-9(6-12(25-2)14(11)26-3)4-10-7-18-16(20-15(10)17)21-19-8-13(22)23/h5-8H,4H2,1-3H3,(H,22,23)(H3,17,18,20,21)/b19-8+. The molecule has 0 spiro atoms. The lowest BCUT2D eigenvalue weighted by Crippen LogP contribution is -2.06. The minimum absolute atomic E-state index is 0.0913. The number of nitrogens with two attached hydrogens (primary N) is 1. The predicted octanol–water partition coefficient (Wildman–Crippen LogP) is 1.16. The molecule has 0 saturated carbocycles. The number of carbonyl (C=O) groups is 1. The highest BCUT2D eigenvalue weighted by Crippen LogP contribution is 2.38. The molecule has 0 saturated heterocycles. The molecule has 0 radical (unpaired) electrons. The zero-order valence-electron chi connectivity index (χ0n) is 14.5. The van der Waals surface area contributed by atoms with Crippen LogP contribution in [0.4, 0.5) is 11.8 Å². The Labute approximate surface area is 149 Å². The Kier molecular flexibility index (Phi) is 6.15. The maximum absolute atomic E-state index is 10.4. The fraction of sp³-hybridized carbons (Fsp3) is 0.250. The van der Waals surface area contributed by atoms with Crippen LogP contribution in [0.2, 0.25) is 0 Å². The highest BCUT2D eigenvalue weighted by molar-refractivity contribution is 6.22. The van der Waals surface area contributed by atoms with Crippen molar-refractivity contribution in [3.05, 3.63) is 29.5 Å². The van der Waals surface area contributed by atoms with Gasteiger partial charge in [0.2, 0.25) is 11.7 Å². The molecule has 0 atom stereocenters. The normalized spacial score (nSPS) is 10.6. The van der Waals surface area contributed by atoms with E-state index in [0.29, 0.717) is 35.4 Å². The van der Waals surface area contributed by atoms with E-state index in [0.717, 1.165) is 5.56 Å². The Bertz CT molecular complexity index is 800. The highest BCUT2D eigenvalue weighted by atomic mass is 16.5. The summed E-state index contributed by atoms with van der Waals surface area (Å²) < 4.78 is 16.0. The quantitative estimate of drug-likeness (QED) is 0.466. The number of nitrogens with one attached hydrogen (secondary N) is 1. The summed E-state index contributed by atoms with van der Waals surface area (Å²) in [6.07, 6.45) is 2.65. The predicted molar refractivity (Wildman–Crippen MR) is 95.1 cm³/mol. The Morgan fingerprint density at radius 1 is 1.27 bits per heavy atom. The number of ether oxygens (including phenoxy) is 3. The molecule has 0 amide bonds. The maximum atomic E-state index is 10.4. The summed E-state index contributed by atoms with van der Waals surface area (Å²) >= 11 is 0. The monoisotopic (exact) mass is 361 g/mol. The fourth-order valence-electron chi connectivity index (χ4n) is 2.21. The summed E-state index contributed by atoms with van der Waals surface area (Å²) in [5.41, 5.74) is 9.87. The zero-order chi connectivity index (χ0) is 19.1. The number of hydrazone groups is 1. The van der Waals surface area contributed by atoms with Gasteiger partial charge in [-0.25, -0.2) is 15.2 Å². The summed E-state index contributed by atoms with van der Waals surface area (Å²) in [5.74, 6) is 0.698. The number of nitrogens with zero attached hydrogens (tertiary/aromatic N) is 3. The third-order valence-electron chi connectivity index (χ3n) is 3.36. The molecule has 10 heteroatoms. The number of hydrogen-bond acceptors (Lipinski definition) is 9. The average Bonchev–Trinajstić information content (AvgIpc) is 2.62. The number of nitrogen functional groups attached to an aromatic ring is 1. The van der Waals surface area contributed by atoms with Gasteiger partial charge in [-0.05, 0) is 17.7 Å². The molecule has 0 aliphatic heterocycles. The first-order valence-electron chi connectivity index (χ1n) is 7.40. The molecule has 1 aromatic carbocycles. The van der Waals surface area contributed by atoms with Crippen LogP contribution in [0.5, 0.6) is 17.2 Å². The van der Waals surface area contributed by atoms with Gasteiger partial charge < -0.3 is 25.1 Å². The molecule has 0 unspecified atom stereocenters. The summed E-state index contributed by atoms with van der Waals surface area (Å²) in [6, 6.07) is 3.62. The lowest BCUT2D eigenvalue weighted by Gasteiger charge is -2.14. The molecular formula is C16H19N5O5. The second kappa shape index (κ2) is 8.51. The molecule has 0 aliphatic rings. The highest BCUT2D eigenvalue weighted by Gasteiger charge is 2.14. The molecule has 10 nitrogen and oxygen atoms in total. The molecule has 4 N–H and O–H groups in total. The first-order valence-corrected chi connectivity index (χ1v) is 7.40. The number of carboxylic acids is 1. The largest absolute Gasteiger partial charge is 0.493 e. The average molecular weight is 361 g/mol. The van der Waals surface area contributed by atoms with E-state index in [2.05, 4.69) is 20.5 Å². The molecule has 0 fully saturated rings. The van der Waals surface area contributed by atoms with Crippen molar-refractivity contribution in [1.82, 2.24) is 9.97 Å². The minimum Gasteiger partial charge on any atom is -0.493 e. The third-order valence-corrected chi connectivity index (χ3v) is 3.36. The molecule has 0 aliphatic carbocycles. The van der Waals surface area contributed by atoms with Crippen LogP contribution in [0.1, 0.15) is 11.1 Å². The fourth-order valence-corrected chi connectivity index (χ4v) is 2.21. The van der Waals surface area contributed by atoms with Crippen molar-refractivity contribution < 1.29 is 24.1 Å². The SMILES string of the molecule is COc1cc(Cc2cnc(N/N=C/C(=O)O)nc2N)cc(OC)c1OC. The molecule has 2 rings (SSSR count). The molecular weight excluding hydrogens is 342 g/mol. The van der Waals surface area contributed by atoms with Gasteiger partial charge in [-0.15, -0.1) is 0 Å². The van der Waals surface area contributed by atoms with Gasteiger partial charge in [0.05, 0.1) is 21.3 Å². The Hall–Kier alpha value is -3.56. The van der Waals surface area contributed by atoms with Gasteiger partial charge in [-0.3, -0.25) is 0 Å². The van der Waals surface area contributed by atoms with Gasteiger partial charge in [0, 0.05) is 18.2 Å². The summed E-state index contributed by atoms with van der Waals surface area (Å²) in [7, 11) is 4.61. The van der Waals surface area contributed by atoms with Crippen LogP contribution < -0.4 is 25.4 Å². The van der Waals surface area contributed by atoms with Gasteiger partial charge >= 0.3 is 5.97 Å². The Morgan fingerprint density at radius 3 is 2.42 bits per heavy atom. The van der Waals surface area contributed by atoms with Gasteiger partial charge in [-0.2, -0.15) is 10.1 Å². The lowest BCUT2D eigenvalue weighted by molar-refractivity contribution is -0.128. The van der Waals surface area contributed by atoms with Crippen molar-refractivity contribution in [2.45, 2.75) is 6.42 Å². The van der Waals surface area contributed by atoms with Crippen LogP contribution in [-0.4, -0.2) is 48.6 Å². The van der Waals surface area contributed by atoms with E-state index in [9.17, 15) is 4.79 Å². The number of carboxylic acid groups (broad SMARTS) is 1. The van der Waals surface area contributed by atoms with E-state index >= 15 is 0 Å². The number of aromatic nitrogens is 2. The van der Waals surface area contributed by atoms with Crippen molar-refractivity contribution >= 4 is 24.0 Å². The Morgan fingerprint density at radius 2 is 1.92 bits per heavy atom. The number of methoxy groups -OCH3 is 3. The van der Waals surface area contributed by atoms with Gasteiger partial charge in [0.15, 0.2) is 11.5 Å². The second-order valence-electron chi connectivity index (χ2n) is 5.02. The number of aliphatic carboxylic acids is 1. The van der Waals surface area contributed by atoms with Crippen molar-refractivity contribution in [3.63, 3.8) is 0 Å². The van der Waals surface area contributed by atoms with Crippen LogP contribution in [-0.2, 0) is 11.2 Å². The van der Waals surface area contributed by atoms with E-state index in [1.807, 2.05) is 12.1 Å². The third kappa shape index (κ3) is 4.50. The van der Waals surface area contributed by atoms with E-state index in [1.54, 1.807) is 0 Å². The van der Waals surface area contributed by atoms with E-state index in [-0.39, 0.29) is 11.8 Å².